The van der Waals surface area contributed by atoms with Gasteiger partial charge in [0.25, 0.3) is 5.91 Å². The number of rotatable bonds is 7. The monoisotopic (exact) mass is 480 g/mol. The Kier molecular flexibility index (Phi) is 6.38. The van der Waals surface area contributed by atoms with Gasteiger partial charge < -0.3 is 19.9 Å². The molecule has 1 saturated heterocycles. The number of benzene rings is 1. The van der Waals surface area contributed by atoms with E-state index >= 15 is 0 Å². The van der Waals surface area contributed by atoms with Crippen molar-refractivity contribution in [2.45, 2.75) is 25.7 Å². The van der Waals surface area contributed by atoms with Gasteiger partial charge in [-0.05, 0) is 48.8 Å². The number of esters is 1. The predicted octanol–water partition coefficient (Wildman–Crippen LogP) is 3.68. The number of fused-ring (bicyclic) bond motifs is 1. The van der Waals surface area contributed by atoms with Crippen molar-refractivity contribution in [3.05, 3.63) is 52.5 Å². The third kappa shape index (κ3) is 4.71. The molecule has 1 aliphatic carbocycles. The van der Waals surface area contributed by atoms with Gasteiger partial charge in [-0.2, -0.15) is 0 Å². The zero-order chi connectivity index (χ0) is 23.7. The van der Waals surface area contributed by atoms with Gasteiger partial charge in [-0.25, -0.2) is 4.79 Å². The first-order valence-corrected chi connectivity index (χ1v) is 12.6. The predicted molar refractivity (Wildman–Crippen MR) is 132 cm³/mol. The molecule has 178 valence electrons. The number of thiophene rings is 1. The summed E-state index contributed by atoms with van der Waals surface area (Å²) >= 11 is 1.38. The lowest BCUT2D eigenvalue weighted by atomic mass is 10.1. The van der Waals surface area contributed by atoms with Crippen molar-refractivity contribution in [1.82, 2.24) is 14.8 Å². The van der Waals surface area contributed by atoms with Crippen molar-refractivity contribution in [1.29, 1.82) is 0 Å². The maximum absolute atomic E-state index is 12.9. The van der Waals surface area contributed by atoms with Gasteiger partial charge in [-0.3, -0.25) is 14.5 Å². The zero-order valence-electron chi connectivity index (χ0n) is 19.1. The molecule has 0 radical (unpaired) electrons. The first-order chi connectivity index (χ1) is 16.5. The molecule has 2 amide bonds. The van der Waals surface area contributed by atoms with Crippen molar-refractivity contribution in [2.24, 2.45) is 0 Å². The molecule has 34 heavy (non-hydrogen) atoms. The summed E-state index contributed by atoms with van der Waals surface area (Å²) in [5.74, 6) is -0.162. The van der Waals surface area contributed by atoms with E-state index in [4.69, 9.17) is 4.74 Å². The highest BCUT2D eigenvalue weighted by molar-refractivity contribution is 7.15. The minimum Gasteiger partial charge on any atom is -0.462 e. The van der Waals surface area contributed by atoms with Crippen LogP contribution in [-0.4, -0.2) is 71.9 Å². The van der Waals surface area contributed by atoms with Crippen molar-refractivity contribution < 1.29 is 19.1 Å². The Balaban J connectivity index is 1.16. The summed E-state index contributed by atoms with van der Waals surface area (Å²) in [6, 6.07) is 9.71. The van der Waals surface area contributed by atoms with E-state index in [1.807, 2.05) is 45.5 Å². The minimum absolute atomic E-state index is 0.0226. The average molecular weight is 481 g/mol. The van der Waals surface area contributed by atoms with Gasteiger partial charge in [-0.1, -0.05) is 18.2 Å². The first-order valence-electron chi connectivity index (χ1n) is 11.7. The number of carbonyl (C=O) groups is 3. The SMILES string of the molecule is CCOC(=O)c1c(C2CC2)csc1NC(=O)CN1CCN(C(=O)c2cc3ccccc3[nH]2)CC1. The van der Waals surface area contributed by atoms with Crippen molar-refractivity contribution in [3.8, 4) is 0 Å². The van der Waals surface area contributed by atoms with E-state index in [0.29, 0.717) is 55.0 Å². The second-order valence-electron chi connectivity index (χ2n) is 8.78. The van der Waals surface area contributed by atoms with Crippen LogP contribution in [0.25, 0.3) is 10.9 Å². The number of hydrogen-bond acceptors (Lipinski definition) is 6. The van der Waals surface area contributed by atoms with Gasteiger partial charge >= 0.3 is 5.97 Å². The number of amides is 2. The number of nitrogens with one attached hydrogen (secondary N) is 2. The molecule has 1 aromatic carbocycles. The zero-order valence-corrected chi connectivity index (χ0v) is 20.0. The first kappa shape index (κ1) is 22.6. The molecule has 5 rings (SSSR count). The fraction of sp³-hybridized carbons (Fsp3) is 0.400. The summed E-state index contributed by atoms with van der Waals surface area (Å²) in [7, 11) is 0. The lowest BCUT2D eigenvalue weighted by molar-refractivity contribution is -0.117. The molecule has 2 N–H and O–H groups in total. The van der Waals surface area contributed by atoms with Crippen LogP contribution in [0.4, 0.5) is 5.00 Å². The summed E-state index contributed by atoms with van der Waals surface area (Å²) in [5.41, 5.74) is 3.03. The molecule has 2 fully saturated rings. The van der Waals surface area contributed by atoms with Crippen LogP contribution in [-0.2, 0) is 9.53 Å². The number of anilines is 1. The number of nitrogens with zero attached hydrogens (tertiary/aromatic N) is 2. The Morgan fingerprint density at radius 3 is 2.62 bits per heavy atom. The van der Waals surface area contributed by atoms with Gasteiger partial charge in [0.1, 0.15) is 10.7 Å². The van der Waals surface area contributed by atoms with Crippen LogP contribution in [0, 0.1) is 0 Å². The fourth-order valence-electron chi connectivity index (χ4n) is 4.41. The minimum atomic E-state index is -0.370. The van der Waals surface area contributed by atoms with Gasteiger partial charge in [-0.15, -0.1) is 11.3 Å². The van der Waals surface area contributed by atoms with Gasteiger partial charge in [0.15, 0.2) is 0 Å². The Morgan fingerprint density at radius 1 is 1.15 bits per heavy atom. The van der Waals surface area contributed by atoms with Crippen LogP contribution in [0.2, 0.25) is 0 Å². The number of piperazine rings is 1. The second-order valence-corrected chi connectivity index (χ2v) is 9.66. The Hall–Kier alpha value is -3.17. The Morgan fingerprint density at radius 2 is 1.91 bits per heavy atom. The van der Waals surface area contributed by atoms with Crippen LogP contribution < -0.4 is 5.32 Å². The van der Waals surface area contributed by atoms with E-state index in [9.17, 15) is 14.4 Å². The second kappa shape index (κ2) is 9.60. The molecule has 1 saturated carbocycles. The maximum Gasteiger partial charge on any atom is 0.341 e. The third-order valence-corrected chi connectivity index (χ3v) is 7.27. The molecule has 0 bridgehead atoms. The van der Waals surface area contributed by atoms with Crippen molar-refractivity contribution in [2.75, 3.05) is 44.6 Å². The normalized spacial score (nSPS) is 16.6. The van der Waals surface area contributed by atoms with Crippen LogP contribution in [0.15, 0.2) is 35.7 Å². The molecule has 3 heterocycles. The topological polar surface area (TPSA) is 94.7 Å². The molecule has 2 aromatic heterocycles. The number of aromatic amines is 1. The van der Waals surface area contributed by atoms with Gasteiger partial charge in [0, 0.05) is 37.1 Å². The lowest BCUT2D eigenvalue weighted by Crippen LogP contribution is -2.50. The van der Waals surface area contributed by atoms with Crippen LogP contribution in [0.5, 0.6) is 0 Å². The summed E-state index contributed by atoms with van der Waals surface area (Å²) in [6.45, 7) is 4.63. The fourth-order valence-corrected chi connectivity index (χ4v) is 5.46. The largest absolute Gasteiger partial charge is 0.462 e. The van der Waals surface area contributed by atoms with Crippen LogP contribution >= 0.6 is 11.3 Å². The van der Waals surface area contributed by atoms with E-state index in [2.05, 4.69) is 10.3 Å². The van der Waals surface area contributed by atoms with E-state index in [0.717, 1.165) is 29.3 Å². The molecule has 2 aliphatic rings. The highest BCUT2D eigenvalue weighted by Crippen LogP contribution is 2.46. The molecule has 9 heteroatoms. The highest BCUT2D eigenvalue weighted by atomic mass is 32.1. The molecule has 8 nitrogen and oxygen atoms in total. The van der Waals surface area contributed by atoms with E-state index < -0.39 is 0 Å². The smallest absolute Gasteiger partial charge is 0.341 e. The van der Waals surface area contributed by atoms with E-state index in [-0.39, 0.29) is 24.3 Å². The number of H-pyrrole nitrogens is 1. The van der Waals surface area contributed by atoms with Crippen LogP contribution in [0.1, 0.15) is 52.1 Å². The quantitative estimate of drug-likeness (QED) is 0.503. The number of aromatic nitrogens is 1. The number of hydrogen-bond donors (Lipinski definition) is 2. The highest BCUT2D eigenvalue weighted by Gasteiger charge is 2.32. The number of ether oxygens (including phenoxy) is 1. The van der Waals surface area contributed by atoms with Crippen molar-refractivity contribution >= 4 is 45.0 Å². The molecular formula is C25H28N4O4S. The lowest BCUT2D eigenvalue weighted by Gasteiger charge is -2.34. The third-order valence-electron chi connectivity index (χ3n) is 6.36. The standard InChI is InChI=1S/C25H28N4O4S/c1-2-33-25(32)22-18(16-7-8-16)15-34-23(22)27-21(30)14-28-9-11-29(12-10-28)24(31)20-13-17-5-3-4-6-19(17)26-20/h3-6,13,15-16,26H,2,7-12,14H2,1H3,(H,27,30). The molecule has 3 aromatic rings. The summed E-state index contributed by atoms with van der Waals surface area (Å²) in [4.78, 5) is 45.2. The molecule has 0 unspecified atom stereocenters. The average Bonchev–Trinajstić information content (AvgIpc) is 3.45. The van der Waals surface area contributed by atoms with Gasteiger partial charge in [0.05, 0.1) is 18.7 Å². The summed E-state index contributed by atoms with van der Waals surface area (Å²) in [6.07, 6.45) is 2.13. The molecule has 0 spiro atoms. The van der Waals surface area contributed by atoms with Crippen molar-refractivity contribution in [3.63, 3.8) is 0 Å². The van der Waals surface area contributed by atoms with E-state index in [1.165, 1.54) is 11.3 Å². The Labute approximate surface area is 201 Å². The maximum atomic E-state index is 12.9. The molecule has 0 atom stereocenters. The molecular weight excluding hydrogens is 452 g/mol. The summed E-state index contributed by atoms with van der Waals surface area (Å²) in [5, 5.41) is 6.48. The van der Waals surface area contributed by atoms with E-state index in [1.54, 1.807) is 6.92 Å². The summed E-state index contributed by atoms with van der Waals surface area (Å²) < 4.78 is 5.23. The Bertz CT molecular complexity index is 1190. The van der Waals surface area contributed by atoms with Crippen LogP contribution in [0.3, 0.4) is 0 Å². The number of para-hydroxylation sites is 1. The molecule has 1 aliphatic heterocycles. The number of carbonyl (C=O) groups excluding carboxylic acids is 3. The van der Waals surface area contributed by atoms with Gasteiger partial charge in [0.2, 0.25) is 5.91 Å².